The minimum Gasteiger partial charge on any atom is -0.389 e. The van der Waals surface area contributed by atoms with Crippen molar-refractivity contribution in [2.45, 2.75) is 90.3 Å². The molecule has 0 bridgehead atoms. The Morgan fingerprint density at radius 1 is 0.667 bits per heavy atom. The molecule has 0 aliphatic rings. The van der Waals surface area contributed by atoms with Crippen LogP contribution in [-0.4, -0.2) is 22.4 Å². The van der Waals surface area contributed by atoms with Gasteiger partial charge in [-0.3, -0.25) is 0 Å². The second-order valence-corrected chi connectivity index (χ2v) is 6.31. The van der Waals surface area contributed by atoms with Crippen molar-refractivity contribution in [2.75, 3.05) is 0 Å². The summed E-state index contributed by atoms with van der Waals surface area (Å²) in [6, 6.07) is 0. The maximum absolute atomic E-state index is 9.87. The molecule has 0 radical (unpaired) electrons. The van der Waals surface area contributed by atoms with E-state index in [9.17, 15) is 10.2 Å². The van der Waals surface area contributed by atoms with Crippen LogP contribution in [0.2, 0.25) is 0 Å². The third-order valence-corrected chi connectivity index (χ3v) is 3.88. The van der Waals surface area contributed by atoms with Crippen LogP contribution < -0.4 is 0 Å². The zero-order valence-electron chi connectivity index (χ0n) is 15.7. The van der Waals surface area contributed by atoms with Crippen molar-refractivity contribution < 1.29 is 10.2 Å². The lowest BCUT2D eigenvalue weighted by molar-refractivity contribution is 0.208. The van der Waals surface area contributed by atoms with Gasteiger partial charge in [-0.25, -0.2) is 0 Å². The van der Waals surface area contributed by atoms with Crippen molar-refractivity contribution in [3.05, 3.63) is 48.6 Å². The maximum atomic E-state index is 9.87. The van der Waals surface area contributed by atoms with E-state index < -0.39 is 6.10 Å². The summed E-state index contributed by atoms with van der Waals surface area (Å²) in [7, 11) is 0. The van der Waals surface area contributed by atoms with E-state index in [1.807, 2.05) is 36.5 Å². The summed E-state index contributed by atoms with van der Waals surface area (Å²) >= 11 is 0. The Hall–Kier alpha value is -1.12. The summed E-state index contributed by atoms with van der Waals surface area (Å²) in [5, 5.41) is 19.5. The lowest BCUT2D eigenvalue weighted by atomic mass is 10.1. The predicted molar refractivity (Wildman–Crippen MR) is 106 cm³/mol. The van der Waals surface area contributed by atoms with Gasteiger partial charge in [-0.15, -0.1) is 0 Å². The Bertz CT molecular complexity index is 366. The first-order valence-corrected chi connectivity index (χ1v) is 9.73. The molecule has 0 fully saturated rings. The van der Waals surface area contributed by atoms with Gasteiger partial charge in [0, 0.05) is 0 Å². The second-order valence-electron chi connectivity index (χ2n) is 6.31. The average Bonchev–Trinajstić information content (AvgIpc) is 2.57. The highest BCUT2D eigenvalue weighted by Gasteiger charge is 1.98. The van der Waals surface area contributed by atoms with Crippen LogP contribution in [-0.2, 0) is 0 Å². The molecular formula is C22H38O2. The maximum Gasteiger partial charge on any atom is 0.0758 e. The van der Waals surface area contributed by atoms with Gasteiger partial charge in [0.1, 0.15) is 0 Å². The molecule has 0 heterocycles. The monoisotopic (exact) mass is 334 g/mol. The highest BCUT2D eigenvalue weighted by Crippen LogP contribution is 2.10. The molecule has 138 valence electrons. The molecule has 0 amide bonds. The average molecular weight is 335 g/mol. The first-order chi connectivity index (χ1) is 11.7. The van der Waals surface area contributed by atoms with Crippen LogP contribution in [0, 0.1) is 0 Å². The molecule has 2 nitrogen and oxygen atoms in total. The van der Waals surface area contributed by atoms with Gasteiger partial charge in [-0.1, -0.05) is 107 Å². The van der Waals surface area contributed by atoms with Gasteiger partial charge in [0.25, 0.3) is 0 Å². The lowest BCUT2D eigenvalue weighted by Crippen LogP contribution is -2.01. The quantitative estimate of drug-likeness (QED) is 0.223. The van der Waals surface area contributed by atoms with E-state index in [4.69, 9.17) is 0 Å². The molecule has 0 aromatic carbocycles. The third-order valence-electron chi connectivity index (χ3n) is 3.88. The van der Waals surface area contributed by atoms with Crippen LogP contribution in [0.3, 0.4) is 0 Å². The van der Waals surface area contributed by atoms with Crippen molar-refractivity contribution in [2.24, 2.45) is 0 Å². The minimum atomic E-state index is -0.427. The van der Waals surface area contributed by atoms with E-state index in [1.54, 1.807) is 6.08 Å². The predicted octanol–water partition coefficient (Wildman–Crippen LogP) is 5.87. The van der Waals surface area contributed by atoms with Crippen LogP contribution in [0.5, 0.6) is 0 Å². The number of aliphatic hydroxyl groups excluding tert-OH is 2. The molecule has 0 aliphatic heterocycles. The highest BCUT2D eigenvalue weighted by atomic mass is 16.3. The molecule has 0 aromatic rings. The SMILES string of the molecule is CC/C=C\C[C@H](O)/C=C/C=C\C=C\[C@@H](O)CCCCCCCCC. The van der Waals surface area contributed by atoms with Crippen LogP contribution in [0.25, 0.3) is 0 Å². The van der Waals surface area contributed by atoms with E-state index in [-0.39, 0.29) is 6.10 Å². The molecule has 0 aliphatic carbocycles. The van der Waals surface area contributed by atoms with Crippen molar-refractivity contribution in [1.29, 1.82) is 0 Å². The fourth-order valence-corrected chi connectivity index (χ4v) is 2.40. The number of aliphatic hydroxyl groups is 2. The zero-order chi connectivity index (χ0) is 17.9. The van der Waals surface area contributed by atoms with Crippen LogP contribution >= 0.6 is 0 Å². The topological polar surface area (TPSA) is 40.5 Å². The van der Waals surface area contributed by atoms with E-state index in [1.165, 1.54) is 38.5 Å². The summed E-state index contributed by atoms with van der Waals surface area (Å²) in [6.45, 7) is 4.32. The van der Waals surface area contributed by atoms with E-state index in [0.29, 0.717) is 6.42 Å². The lowest BCUT2D eigenvalue weighted by Gasteiger charge is -2.04. The smallest absolute Gasteiger partial charge is 0.0758 e. The fraction of sp³-hybridized carbons (Fsp3) is 0.636. The van der Waals surface area contributed by atoms with Crippen molar-refractivity contribution in [3.63, 3.8) is 0 Å². The van der Waals surface area contributed by atoms with Crippen LogP contribution in [0.4, 0.5) is 0 Å². The largest absolute Gasteiger partial charge is 0.389 e. The molecule has 0 rings (SSSR count). The number of hydrogen-bond acceptors (Lipinski definition) is 2. The van der Waals surface area contributed by atoms with Gasteiger partial charge < -0.3 is 10.2 Å². The van der Waals surface area contributed by atoms with Gasteiger partial charge in [-0.05, 0) is 19.3 Å². The normalized spacial score (nSPS) is 15.3. The van der Waals surface area contributed by atoms with Crippen LogP contribution in [0.15, 0.2) is 48.6 Å². The molecule has 0 aromatic heterocycles. The number of hydrogen-bond donors (Lipinski definition) is 2. The van der Waals surface area contributed by atoms with Gasteiger partial charge in [0.15, 0.2) is 0 Å². The molecule has 2 heteroatoms. The molecular weight excluding hydrogens is 296 g/mol. The molecule has 2 atom stereocenters. The standard InChI is InChI=1S/C22H38O2/c1-3-5-7-8-9-10-14-18-22(24)20-16-12-11-15-19-21(23)17-13-6-4-2/h6,11-13,15-16,19-24H,3-5,7-10,14,17-18H2,1-2H3/b12-11-,13-6-,19-15+,20-16+/t21-,22-/m0/s1. The minimum absolute atomic E-state index is 0.348. The second kappa shape index (κ2) is 18.2. The molecule has 0 spiro atoms. The number of allylic oxidation sites excluding steroid dienone is 5. The molecule has 0 unspecified atom stereocenters. The Kier molecular flexibility index (Phi) is 17.4. The summed E-state index contributed by atoms with van der Waals surface area (Å²) in [5.74, 6) is 0. The summed E-state index contributed by atoms with van der Waals surface area (Å²) < 4.78 is 0. The van der Waals surface area contributed by atoms with Crippen molar-refractivity contribution >= 4 is 0 Å². The molecule has 0 saturated heterocycles. The summed E-state index contributed by atoms with van der Waals surface area (Å²) in [4.78, 5) is 0. The number of rotatable bonds is 15. The van der Waals surface area contributed by atoms with Crippen molar-refractivity contribution in [1.82, 2.24) is 0 Å². The number of unbranched alkanes of at least 4 members (excludes halogenated alkanes) is 6. The first-order valence-electron chi connectivity index (χ1n) is 9.73. The van der Waals surface area contributed by atoms with Gasteiger partial charge in [-0.2, -0.15) is 0 Å². The Labute approximate surface area is 149 Å². The summed E-state index contributed by atoms with van der Waals surface area (Å²) in [5.41, 5.74) is 0. The fourth-order valence-electron chi connectivity index (χ4n) is 2.40. The first kappa shape index (κ1) is 22.9. The van der Waals surface area contributed by atoms with E-state index in [2.05, 4.69) is 19.9 Å². The van der Waals surface area contributed by atoms with E-state index in [0.717, 1.165) is 19.3 Å². The van der Waals surface area contributed by atoms with Crippen LogP contribution in [0.1, 0.15) is 78.1 Å². The van der Waals surface area contributed by atoms with Gasteiger partial charge in [0.05, 0.1) is 12.2 Å². The zero-order valence-corrected chi connectivity index (χ0v) is 15.7. The Balaban J connectivity index is 3.68. The van der Waals surface area contributed by atoms with Gasteiger partial charge in [0.2, 0.25) is 0 Å². The van der Waals surface area contributed by atoms with E-state index >= 15 is 0 Å². The highest BCUT2D eigenvalue weighted by molar-refractivity contribution is 5.13. The summed E-state index contributed by atoms with van der Waals surface area (Å²) in [6.07, 6.45) is 25.8. The third kappa shape index (κ3) is 17.2. The van der Waals surface area contributed by atoms with Gasteiger partial charge >= 0.3 is 0 Å². The Morgan fingerprint density at radius 2 is 1.25 bits per heavy atom. The Morgan fingerprint density at radius 3 is 1.88 bits per heavy atom. The van der Waals surface area contributed by atoms with Crippen molar-refractivity contribution in [3.8, 4) is 0 Å². The molecule has 24 heavy (non-hydrogen) atoms. The molecule has 2 N–H and O–H groups in total. The molecule has 0 saturated carbocycles.